The fourth-order valence-electron chi connectivity index (χ4n) is 1.60. The van der Waals surface area contributed by atoms with Crippen molar-refractivity contribution >= 4 is 5.91 Å². The van der Waals surface area contributed by atoms with Gasteiger partial charge in [-0.1, -0.05) is 20.8 Å². The molecule has 1 unspecified atom stereocenters. The molecule has 0 aromatic heterocycles. The topological polar surface area (TPSA) is 55.6 Å². The predicted molar refractivity (Wildman–Crippen MR) is 64.0 cm³/mol. The third-order valence-electron chi connectivity index (χ3n) is 3.01. The number of carbonyl (C=O) groups excluding carboxylic acids is 1. The van der Waals surface area contributed by atoms with Crippen molar-refractivity contribution in [1.29, 1.82) is 0 Å². The summed E-state index contributed by atoms with van der Waals surface area (Å²) in [7, 11) is 1.65. The summed E-state index contributed by atoms with van der Waals surface area (Å²) in [6.45, 7) is 7.23. The average Bonchev–Trinajstić information content (AvgIpc) is 2.99. The summed E-state index contributed by atoms with van der Waals surface area (Å²) in [6, 6.07) is -0.0268. The van der Waals surface area contributed by atoms with Gasteiger partial charge in [-0.15, -0.1) is 0 Å². The summed E-state index contributed by atoms with van der Waals surface area (Å²) in [5.41, 5.74) is 5.82. The molecule has 0 bridgehead atoms. The maximum atomic E-state index is 12.2. The summed E-state index contributed by atoms with van der Waals surface area (Å²) in [5.74, 6) is 0.0621. The molecular weight excluding hydrogens is 204 g/mol. The van der Waals surface area contributed by atoms with Gasteiger partial charge in [0.2, 0.25) is 5.91 Å². The van der Waals surface area contributed by atoms with Crippen LogP contribution in [0.25, 0.3) is 0 Å². The van der Waals surface area contributed by atoms with E-state index in [0.717, 1.165) is 12.8 Å². The predicted octanol–water partition coefficient (Wildman–Crippen LogP) is 0.997. The zero-order valence-electron chi connectivity index (χ0n) is 10.8. The molecule has 1 rings (SSSR count). The fourth-order valence-corrected chi connectivity index (χ4v) is 1.60. The van der Waals surface area contributed by atoms with Gasteiger partial charge in [-0.3, -0.25) is 4.79 Å². The zero-order chi connectivity index (χ0) is 12.3. The number of ether oxygens (including phenoxy) is 1. The van der Waals surface area contributed by atoms with Crippen molar-refractivity contribution in [2.75, 3.05) is 20.3 Å². The highest BCUT2D eigenvalue weighted by molar-refractivity contribution is 5.83. The smallest absolute Gasteiger partial charge is 0.240 e. The van der Waals surface area contributed by atoms with Crippen LogP contribution in [0, 0.1) is 5.41 Å². The molecule has 94 valence electrons. The molecule has 1 atom stereocenters. The quantitative estimate of drug-likeness (QED) is 0.763. The molecule has 0 heterocycles. The molecule has 0 aliphatic heterocycles. The molecule has 0 spiro atoms. The van der Waals surface area contributed by atoms with E-state index in [1.54, 1.807) is 7.11 Å². The normalized spacial score (nSPS) is 18.3. The first-order valence-corrected chi connectivity index (χ1v) is 5.93. The van der Waals surface area contributed by atoms with Gasteiger partial charge in [0.05, 0.1) is 12.6 Å². The van der Waals surface area contributed by atoms with Crippen LogP contribution in [-0.4, -0.2) is 43.2 Å². The Bertz CT molecular complexity index is 244. The van der Waals surface area contributed by atoms with E-state index in [-0.39, 0.29) is 11.3 Å². The van der Waals surface area contributed by atoms with Gasteiger partial charge in [-0.2, -0.15) is 0 Å². The van der Waals surface area contributed by atoms with Crippen LogP contribution >= 0.6 is 0 Å². The lowest BCUT2D eigenvalue weighted by atomic mass is 9.86. The molecule has 1 saturated carbocycles. The Morgan fingerprint density at radius 2 is 2.06 bits per heavy atom. The maximum absolute atomic E-state index is 12.2. The van der Waals surface area contributed by atoms with E-state index in [9.17, 15) is 4.79 Å². The summed E-state index contributed by atoms with van der Waals surface area (Å²) in [5, 5.41) is 0. The van der Waals surface area contributed by atoms with Gasteiger partial charge in [-0.25, -0.2) is 0 Å². The van der Waals surface area contributed by atoms with Crippen LogP contribution in [-0.2, 0) is 9.53 Å². The van der Waals surface area contributed by atoms with Crippen LogP contribution in [0.1, 0.15) is 33.6 Å². The minimum atomic E-state index is -0.426. The molecule has 1 amide bonds. The van der Waals surface area contributed by atoms with Gasteiger partial charge in [0.15, 0.2) is 0 Å². The Morgan fingerprint density at radius 1 is 1.50 bits per heavy atom. The Hall–Kier alpha value is -0.610. The number of nitrogens with two attached hydrogens (primary N) is 1. The molecule has 16 heavy (non-hydrogen) atoms. The van der Waals surface area contributed by atoms with E-state index in [0.29, 0.717) is 19.2 Å². The third kappa shape index (κ3) is 3.46. The van der Waals surface area contributed by atoms with Gasteiger partial charge in [0.25, 0.3) is 0 Å². The van der Waals surface area contributed by atoms with E-state index < -0.39 is 6.04 Å². The summed E-state index contributed by atoms with van der Waals surface area (Å²) in [4.78, 5) is 14.1. The highest BCUT2D eigenvalue weighted by Gasteiger charge is 2.37. The lowest BCUT2D eigenvalue weighted by Crippen LogP contribution is -2.51. The molecule has 0 radical (unpaired) electrons. The molecule has 1 aliphatic rings. The average molecular weight is 228 g/mol. The number of carbonyl (C=O) groups is 1. The van der Waals surface area contributed by atoms with Crippen molar-refractivity contribution < 1.29 is 9.53 Å². The number of methoxy groups -OCH3 is 1. The summed E-state index contributed by atoms with van der Waals surface area (Å²) >= 11 is 0. The lowest BCUT2D eigenvalue weighted by molar-refractivity contribution is -0.136. The summed E-state index contributed by atoms with van der Waals surface area (Å²) < 4.78 is 5.03. The zero-order valence-corrected chi connectivity index (χ0v) is 10.8. The first-order chi connectivity index (χ1) is 7.38. The van der Waals surface area contributed by atoms with Crippen LogP contribution in [0.4, 0.5) is 0 Å². The molecule has 0 aromatic carbocycles. The minimum absolute atomic E-state index is 0.0621. The molecular formula is C12H24N2O2. The fraction of sp³-hybridized carbons (Fsp3) is 0.917. The van der Waals surface area contributed by atoms with Crippen LogP contribution < -0.4 is 5.73 Å². The van der Waals surface area contributed by atoms with Gasteiger partial charge < -0.3 is 15.4 Å². The molecule has 1 aliphatic carbocycles. The molecule has 0 aromatic rings. The first kappa shape index (κ1) is 13.5. The molecule has 4 nitrogen and oxygen atoms in total. The van der Waals surface area contributed by atoms with E-state index in [1.807, 2.05) is 25.7 Å². The number of amides is 1. The largest absolute Gasteiger partial charge is 0.383 e. The Kier molecular flexibility index (Phi) is 4.33. The Morgan fingerprint density at radius 3 is 2.44 bits per heavy atom. The molecule has 4 heteroatoms. The Balaban J connectivity index is 2.59. The molecule has 1 fully saturated rings. The van der Waals surface area contributed by atoms with Gasteiger partial charge in [0, 0.05) is 19.7 Å². The third-order valence-corrected chi connectivity index (χ3v) is 3.01. The minimum Gasteiger partial charge on any atom is -0.383 e. The lowest BCUT2D eigenvalue weighted by Gasteiger charge is -2.32. The summed E-state index contributed by atoms with van der Waals surface area (Å²) in [6.07, 6.45) is 2.21. The van der Waals surface area contributed by atoms with Crippen molar-refractivity contribution in [3.8, 4) is 0 Å². The monoisotopic (exact) mass is 228 g/mol. The second-order valence-electron chi connectivity index (χ2n) is 5.60. The number of rotatable bonds is 5. The van der Waals surface area contributed by atoms with E-state index in [2.05, 4.69) is 0 Å². The van der Waals surface area contributed by atoms with E-state index in [4.69, 9.17) is 10.5 Å². The van der Waals surface area contributed by atoms with E-state index in [1.165, 1.54) is 0 Å². The van der Waals surface area contributed by atoms with Crippen LogP contribution in [0.15, 0.2) is 0 Å². The van der Waals surface area contributed by atoms with Crippen molar-refractivity contribution in [3.05, 3.63) is 0 Å². The number of hydrogen-bond acceptors (Lipinski definition) is 3. The van der Waals surface area contributed by atoms with Crippen molar-refractivity contribution in [1.82, 2.24) is 4.90 Å². The van der Waals surface area contributed by atoms with Gasteiger partial charge >= 0.3 is 0 Å². The van der Waals surface area contributed by atoms with E-state index >= 15 is 0 Å². The van der Waals surface area contributed by atoms with Crippen molar-refractivity contribution in [3.63, 3.8) is 0 Å². The van der Waals surface area contributed by atoms with Crippen LogP contribution in [0.2, 0.25) is 0 Å². The van der Waals surface area contributed by atoms with Gasteiger partial charge in [-0.05, 0) is 18.3 Å². The SMILES string of the molecule is COCCN(C(=O)C(N)C(C)(C)C)C1CC1. The molecule has 2 N–H and O–H groups in total. The van der Waals surface area contributed by atoms with Crippen molar-refractivity contribution in [2.45, 2.75) is 45.7 Å². The Labute approximate surface area is 98.1 Å². The highest BCUT2D eigenvalue weighted by atomic mass is 16.5. The van der Waals surface area contributed by atoms with Gasteiger partial charge in [0.1, 0.15) is 0 Å². The first-order valence-electron chi connectivity index (χ1n) is 5.93. The maximum Gasteiger partial charge on any atom is 0.240 e. The molecule has 0 saturated heterocycles. The second-order valence-corrected chi connectivity index (χ2v) is 5.60. The van der Waals surface area contributed by atoms with Crippen LogP contribution in [0.3, 0.4) is 0 Å². The van der Waals surface area contributed by atoms with Crippen LogP contribution in [0.5, 0.6) is 0 Å². The standard InChI is InChI=1S/C12H24N2O2/c1-12(2,3)10(13)11(15)14(7-8-16-4)9-5-6-9/h9-10H,5-8,13H2,1-4H3. The second kappa shape index (κ2) is 5.15. The highest BCUT2D eigenvalue weighted by Crippen LogP contribution is 2.29. The number of hydrogen-bond donors (Lipinski definition) is 1. The number of nitrogens with zero attached hydrogens (tertiary/aromatic N) is 1. The van der Waals surface area contributed by atoms with Crippen molar-refractivity contribution in [2.24, 2.45) is 11.1 Å².